The number of hydrogen-bond donors (Lipinski definition) is 1. The van der Waals surface area contributed by atoms with Gasteiger partial charge in [-0.2, -0.15) is 0 Å². The molecule has 1 aromatic rings. The Balaban J connectivity index is 1.83. The summed E-state index contributed by atoms with van der Waals surface area (Å²) in [5, 5.41) is 3.47. The standard InChI is InChI=1S/C16H19ClN2O3S/c1-9-6-11(13(22-3)7-10(9)17)18-15(21)12-8-23-16(2)5-4-14(20)19(12)16/h6-7,12H,4-5,8H2,1-3H3,(H,18,21). The Morgan fingerprint density at radius 1 is 1.52 bits per heavy atom. The van der Waals surface area contributed by atoms with Gasteiger partial charge in [0.25, 0.3) is 0 Å². The number of ether oxygens (including phenoxy) is 1. The van der Waals surface area contributed by atoms with Crippen molar-refractivity contribution in [3.05, 3.63) is 22.7 Å². The van der Waals surface area contributed by atoms with Gasteiger partial charge < -0.3 is 15.0 Å². The quantitative estimate of drug-likeness (QED) is 0.906. The topological polar surface area (TPSA) is 58.6 Å². The average Bonchev–Trinajstić information content (AvgIpc) is 2.99. The van der Waals surface area contributed by atoms with E-state index in [1.165, 1.54) is 7.11 Å². The number of amides is 2. The second kappa shape index (κ2) is 5.91. The van der Waals surface area contributed by atoms with E-state index in [0.29, 0.717) is 28.6 Å². The smallest absolute Gasteiger partial charge is 0.248 e. The number of nitrogens with one attached hydrogen (secondary N) is 1. The predicted octanol–water partition coefficient (Wildman–Crippen LogP) is 3.05. The highest BCUT2D eigenvalue weighted by Crippen LogP contribution is 2.47. The van der Waals surface area contributed by atoms with E-state index in [1.807, 2.05) is 13.8 Å². The number of rotatable bonds is 3. The van der Waals surface area contributed by atoms with Crippen molar-refractivity contribution in [2.45, 2.75) is 37.6 Å². The normalized spacial score (nSPS) is 26.3. The Labute approximate surface area is 144 Å². The van der Waals surface area contributed by atoms with Crippen molar-refractivity contribution >= 4 is 40.9 Å². The molecule has 2 fully saturated rings. The molecule has 2 atom stereocenters. The molecule has 2 amide bonds. The molecule has 7 heteroatoms. The molecule has 0 bridgehead atoms. The number of thioether (sulfide) groups is 1. The second-order valence-corrected chi connectivity index (χ2v) is 7.97. The van der Waals surface area contributed by atoms with E-state index < -0.39 is 6.04 Å². The van der Waals surface area contributed by atoms with Crippen LogP contribution in [0.15, 0.2) is 12.1 Å². The van der Waals surface area contributed by atoms with E-state index in [4.69, 9.17) is 16.3 Å². The summed E-state index contributed by atoms with van der Waals surface area (Å²) in [6, 6.07) is 3.02. The van der Waals surface area contributed by atoms with Crippen molar-refractivity contribution in [1.29, 1.82) is 0 Å². The van der Waals surface area contributed by atoms with Gasteiger partial charge in [0.2, 0.25) is 11.8 Å². The third-order valence-corrected chi connectivity index (χ3v) is 6.40. The summed E-state index contributed by atoms with van der Waals surface area (Å²) in [5.41, 5.74) is 1.43. The van der Waals surface area contributed by atoms with E-state index in [2.05, 4.69) is 5.32 Å². The number of benzene rings is 1. The molecule has 0 aliphatic carbocycles. The Hall–Kier alpha value is -1.40. The van der Waals surface area contributed by atoms with Gasteiger partial charge in [0.1, 0.15) is 11.8 Å². The van der Waals surface area contributed by atoms with Gasteiger partial charge in [-0.15, -0.1) is 11.8 Å². The third-order valence-electron chi connectivity index (χ3n) is 4.49. The predicted molar refractivity (Wildman–Crippen MR) is 92.1 cm³/mol. The molecule has 0 aromatic heterocycles. The molecule has 0 saturated carbocycles. The maximum atomic E-state index is 12.7. The molecule has 2 unspecified atom stereocenters. The van der Waals surface area contributed by atoms with Gasteiger partial charge in [-0.25, -0.2) is 0 Å². The summed E-state index contributed by atoms with van der Waals surface area (Å²) >= 11 is 7.76. The minimum absolute atomic E-state index is 0.0527. The van der Waals surface area contributed by atoms with Gasteiger partial charge >= 0.3 is 0 Å². The number of aryl methyl sites for hydroxylation is 1. The SMILES string of the molecule is COc1cc(Cl)c(C)cc1NC(=O)C1CSC2(C)CCC(=O)N12. The molecule has 2 aliphatic heterocycles. The van der Waals surface area contributed by atoms with Crippen LogP contribution in [0.3, 0.4) is 0 Å². The van der Waals surface area contributed by atoms with Crippen molar-refractivity contribution in [2.24, 2.45) is 0 Å². The van der Waals surface area contributed by atoms with E-state index in [0.717, 1.165) is 12.0 Å². The van der Waals surface area contributed by atoms with E-state index >= 15 is 0 Å². The number of hydrogen-bond acceptors (Lipinski definition) is 4. The lowest BCUT2D eigenvalue weighted by Crippen LogP contribution is -2.48. The molecule has 2 heterocycles. The summed E-state index contributed by atoms with van der Waals surface area (Å²) in [4.78, 5) is 26.3. The number of anilines is 1. The van der Waals surface area contributed by atoms with Gasteiger partial charge in [0.05, 0.1) is 17.7 Å². The van der Waals surface area contributed by atoms with Crippen LogP contribution in [0.25, 0.3) is 0 Å². The summed E-state index contributed by atoms with van der Waals surface area (Å²) in [6.07, 6.45) is 1.31. The van der Waals surface area contributed by atoms with Crippen LogP contribution in [-0.2, 0) is 9.59 Å². The third kappa shape index (κ3) is 2.78. The van der Waals surface area contributed by atoms with Crippen LogP contribution < -0.4 is 10.1 Å². The van der Waals surface area contributed by atoms with Crippen LogP contribution in [0, 0.1) is 6.92 Å². The molecule has 5 nitrogen and oxygen atoms in total. The van der Waals surface area contributed by atoms with E-state index in [-0.39, 0.29) is 16.7 Å². The first-order chi connectivity index (χ1) is 10.9. The fraction of sp³-hybridized carbons (Fsp3) is 0.500. The molecule has 1 aromatic carbocycles. The molecule has 124 valence electrons. The zero-order valence-corrected chi connectivity index (χ0v) is 14.9. The number of fused-ring (bicyclic) bond motifs is 1. The average molecular weight is 355 g/mol. The first-order valence-electron chi connectivity index (χ1n) is 7.47. The minimum atomic E-state index is -0.444. The molecule has 2 saturated heterocycles. The Morgan fingerprint density at radius 2 is 2.26 bits per heavy atom. The Morgan fingerprint density at radius 3 is 2.96 bits per heavy atom. The molecule has 0 radical (unpaired) electrons. The molecule has 3 rings (SSSR count). The zero-order valence-electron chi connectivity index (χ0n) is 13.3. The maximum Gasteiger partial charge on any atom is 0.248 e. The van der Waals surface area contributed by atoms with Crippen LogP contribution in [0.5, 0.6) is 5.75 Å². The summed E-state index contributed by atoms with van der Waals surface area (Å²) < 4.78 is 5.29. The van der Waals surface area contributed by atoms with E-state index in [1.54, 1.807) is 28.8 Å². The Bertz CT molecular complexity index is 682. The number of carbonyl (C=O) groups is 2. The van der Waals surface area contributed by atoms with Gasteiger partial charge in [-0.05, 0) is 31.9 Å². The van der Waals surface area contributed by atoms with Crippen molar-refractivity contribution in [2.75, 3.05) is 18.2 Å². The molecule has 23 heavy (non-hydrogen) atoms. The first-order valence-corrected chi connectivity index (χ1v) is 8.83. The van der Waals surface area contributed by atoms with Crippen molar-refractivity contribution < 1.29 is 14.3 Å². The molecule has 1 N–H and O–H groups in total. The number of methoxy groups -OCH3 is 1. The lowest BCUT2D eigenvalue weighted by Gasteiger charge is -2.30. The lowest BCUT2D eigenvalue weighted by molar-refractivity contribution is -0.135. The molecular weight excluding hydrogens is 336 g/mol. The van der Waals surface area contributed by atoms with Gasteiger partial charge in [-0.1, -0.05) is 11.6 Å². The monoisotopic (exact) mass is 354 g/mol. The second-order valence-electron chi connectivity index (χ2n) is 6.06. The summed E-state index contributed by atoms with van der Waals surface area (Å²) in [5.74, 6) is 0.992. The van der Waals surface area contributed by atoms with Gasteiger partial charge in [-0.3, -0.25) is 9.59 Å². The lowest BCUT2D eigenvalue weighted by atomic mass is 10.1. The van der Waals surface area contributed by atoms with Crippen LogP contribution in [-0.4, -0.2) is 40.5 Å². The van der Waals surface area contributed by atoms with Gasteiger partial charge in [0, 0.05) is 23.3 Å². The number of carbonyl (C=O) groups excluding carboxylic acids is 2. The number of nitrogens with zero attached hydrogens (tertiary/aromatic N) is 1. The van der Waals surface area contributed by atoms with Gasteiger partial charge in [0.15, 0.2) is 0 Å². The highest BCUT2D eigenvalue weighted by molar-refractivity contribution is 8.01. The van der Waals surface area contributed by atoms with Crippen LogP contribution in [0.1, 0.15) is 25.3 Å². The fourth-order valence-electron chi connectivity index (χ4n) is 3.16. The molecule has 0 spiro atoms. The summed E-state index contributed by atoms with van der Waals surface area (Å²) in [7, 11) is 1.53. The van der Waals surface area contributed by atoms with E-state index in [9.17, 15) is 9.59 Å². The first kappa shape index (κ1) is 16.5. The Kier molecular flexibility index (Phi) is 4.23. The highest BCUT2D eigenvalue weighted by atomic mass is 35.5. The van der Waals surface area contributed by atoms with Crippen molar-refractivity contribution in [1.82, 2.24) is 4.90 Å². The largest absolute Gasteiger partial charge is 0.495 e. The van der Waals surface area contributed by atoms with Crippen LogP contribution in [0.2, 0.25) is 5.02 Å². The summed E-state index contributed by atoms with van der Waals surface area (Å²) in [6.45, 7) is 3.90. The van der Waals surface area contributed by atoms with Crippen molar-refractivity contribution in [3.63, 3.8) is 0 Å². The van der Waals surface area contributed by atoms with Crippen molar-refractivity contribution in [3.8, 4) is 5.75 Å². The molecular formula is C16H19ClN2O3S. The zero-order chi connectivity index (χ0) is 16.8. The van der Waals surface area contributed by atoms with Crippen LogP contribution in [0.4, 0.5) is 5.69 Å². The highest BCUT2D eigenvalue weighted by Gasteiger charge is 2.52. The fourth-order valence-corrected chi connectivity index (χ4v) is 4.75. The minimum Gasteiger partial charge on any atom is -0.495 e. The van der Waals surface area contributed by atoms with Crippen LogP contribution >= 0.6 is 23.4 Å². The number of halogens is 1. The maximum absolute atomic E-state index is 12.7. The molecule has 2 aliphatic rings.